The average Bonchev–Trinajstić information content (AvgIpc) is 3.08. The van der Waals surface area contributed by atoms with Gasteiger partial charge in [0.05, 0.1) is 5.39 Å². The summed E-state index contributed by atoms with van der Waals surface area (Å²) in [6, 6.07) is 12.8. The molecule has 0 aliphatic heterocycles. The van der Waals surface area contributed by atoms with Crippen molar-refractivity contribution in [2.45, 2.75) is 18.9 Å². The molecule has 8 heteroatoms. The number of amides is 2. The van der Waals surface area contributed by atoms with E-state index in [0.717, 1.165) is 5.56 Å². The first-order chi connectivity index (χ1) is 13.0. The van der Waals surface area contributed by atoms with Crippen LogP contribution in [-0.2, 0) is 9.59 Å². The zero-order chi connectivity index (χ0) is 19.4. The van der Waals surface area contributed by atoms with Crippen LogP contribution in [0.2, 0.25) is 0 Å². The molecule has 4 N–H and O–H groups in total. The first kappa shape index (κ1) is 18.1. The molecule has 0 fully saturated rings. The number of aliphatic carboxylic acids is 1. The van der Waals surface area contributed by atoms with Gasteiger partial charge in [0.25, 0.3) is 5.91 Å². The second-order valence-electron chi connectivity index (χ2n) is 5.98. The normalized spacial score (nSPS) is 11.9. The highest BCUT2D eigenvalue weighted by molar-refractivity contribution is 6.02. The monoisotopic (exact) mass is 367 g/mol. The number of benzene rings is 2. The molecule has 1 aromatic heterocycles. The summed E-state index contributed by atoms with van der Waals surface area (Å²) < 4.78 is 5.39. The molecule has 0 aliphatic rings. The summed E-state index contributed by atoms with van der Waals surface area (Å²) in [6.07, 6.45) is -0.221. The number of hydrogen-bond donors (Lipinski definition) is 3. The fourth-order valence-corrected chi connectivity index (χ4v) is 2.67. The van der Waals surface area contributed by atoms with Crippen molar-refractivity contribution < 1.29 is 24.0 Å². The lowest BCUT2D eigenvalue weighted by Crippen LogP contribution is -2.41. The Morgan fingerprint density at radius 1 is 1.15 bits per heavy atom. The molecular weight excluding hydrogens is 350 g/mol. The average molecular weight is 367 g/mol. The maximum Gasteiger partial charge on any atom is 0.326 e. The highest BCUT2D eigenvalue weighted by Crippen LogP contribution is 2.29. The largest absolute Gasteiger partial charge is 0.480 e. The van der Waals surface area contributed by atoms with E-state index in [-0.39, 0.29) is 18.4 Å². The Labute approximate surface area is 153 Å². The van der Waals surface area contributed by atoms with Gasteiger partial charge in [0.2, 0.25) is 5.91 Å². The van der Waals surface area contributed by atoms with Gasteiger partial charge in [-0.1, -0.05) is 35.5 Å². The number of carboxylic acids is 1. The number of carbonyl (C=O) groups excluding carboxylic acids is 2. The number of nitrogens with zero attached hydrogens (tertiary/aromatic N) is 1. The van der Waals surface area contributed by atoms with Crippen LogP contribution < -0.4 is 11.1 Å². The summed E-state index contributed by atoms with van der Waals surface area (Å²) in [5.74, 6) is -1.92. The Morgan fingerprint density at radius 3 is 2.56 bits per heavy atom. The van der Waals surface area contributed by atoms with Gasteiger partial charge in [0.15, 0.2) is 5.76 Å². The zero-order valence-corrected chi connectivity index (χ0v) is 14.2. The fourth-order valence-electron chi connectivity index (χ4n) is 2.67. The SMILES string of the molecule is NC(=O)CC[C@@H](NC(=O)c1ccc2noc(-c3ccccc3)c2c1)C(=O)O. The van der Waals surface area contributed by atoms with Crippen molar-refractivity contribution in [2.75, 3.05) is 0 Å². The molecule has 3 aromatic rings. The topological polar surface area (TPSA) is 136 Å². The lowest BCUT2D eigenvalue weighted by Gasteiger charge is -2.13. The van der Waals surface area contributed by atoms with E-state index < -0.39 is 23.8 Å². The lowest BCUT2D eigenvalue weighted by atomic mass is 10.1. The Kier molecular flexibility index (Phi) is 5.16. The number of carbonyl (C=O) groups is 3. The van der Waals surface area contributed by atoms with E-state index in [9.17, 15) is 19.5 Å². The van der Waals surface area contributed by atoms with Gasteiger partial charge in [-0.05, 0) is 24.6 Å². The minimum absolute atomic E-state index is 0.0822. The molecule has 0 unspecified atom stereocenters. The molecule has 138 valence electrons. The standard InChI is InChI=1S/C19H17N3O5/c20-16(23)9-8-15(19(25)26)21-18(24)12-6-7-14-13(10-12)17(27-22-14)11-4-2-1-3-5-11/h1-7,10,15H,8-9H2,(H2,20,23)(H,21,24)(H,25,26)/t15-/m1/s1. The summed E-state index contributed by atoms with van der Waals surface area (Å²) in [4.78, 5) is 34.6. The number of nitrogens with two attached hydrogens (primary N) is 1. The number of nitrogens with one attached hydrogen (secondary N) is 1. The van der Waals surface area contributed by atoms with Crippen molar-refractivity contribution in [1.82, 2.24) is 10.5 Å². The first-order valence-electron chi connectivity index (χ1n) is 8.22. The molecule has 0 saturated heterocycles. The quantitative estimate of drug-likeness (QED) is 0.584. The molecule has 27 heavy (non-hydrogen) atoms. The molecule has 3 rings (SSSR count). The van der Waals surface area contributed by atoms with Crippen molar-refractivity contribution >= 4 is 28.7 Å². The Balaban J connectivity index is 1.86. The maximum atomic E-state index is 12.5. The van der Waals surface area contributed by atoms with Crippen LogP contribution in [0.5, 0.6) is 0 Å². The van der Waals surface area contributed by atoms with E-state index in [1.54, 1.807) is 12.1 Å². The van der Waals surface area contributed by atoms with Gasteiger partial charge < -0.3 is 20.7 Å². The van der Waals surface area contributed by atoms with Crippen molar-refractivity contribution in [3.63, 3.8) is 0 Å². The summed E-state index contributed by atoms with van der Waals surface area (Å²) in [6.45, 7) is 0. The van der Waals surface area contributed by atoms with E-state index in [2.05, 4.69) is 10.5 Å². The molecular formula is C19H17N3O5. The highest BCUT2D eigenvalue weighted by Gasteiger charge is 2.22. The van der Waals surface area contributed by atoms with Crippen molar-refractivity contribution in [3.8, 4) is 11.3 Å². The second-order valence-corrected chi connectivity index (χ2v) is 5.98. The third-order valence-corrected chi connectivity index (χ3v) is 4.06. The Morgan fingerprint density at radius 2 is 1.89 bits per heavy atom. The number of aromatic nitrogens is 1. The van der Waals surface area contributed by atoms with E-state index in [1.165, 1.54) is 6.07 Å². The summed E-state index contributed by atoms with van der Waals surface area (Å²) in [7, 11) is 0. The summed E-state index contributed by atoms with van der Waals surface area (Å²) >= 11 is 0. The summed E-state index contributed by atoms with van der Waals surface area (Å²) in [5, 5.41) is 16.2. The molecule has 2 aromatic carbocycles. The molecule has 1 heterocycles. The van der Waals surface area contributed by atoms with Crippen molar-refractivity contribution in [1.29, 1.82) is 0 Å². The van der Waals surface area contributed by atoms with Crippen LogP contribution in [0.1, 0.15) is 23.2 Å². The second kappa shape index (κ2) is 7.69. The van der Waals surface area contributed by atoms with E-state index in [0.29, 0.717) is 16.7 Å². The molecule has 8 nitrogen and oxygen atoms in total. The predicted molar refractivity (Wildman–Crippen MR) is 96.8 cm³/mol. The Bertz CT molecular complexity index is 997. The summed E-state index contributed by atoms with van der Waals surface area (Å²) in [5.41, 5.74) is 6.69. The molecule has 0 saturated carbocycles. The third kappa shape index (κ3) is 4.12. The fraction of sp³-hybridized carbons (Fsp3) is 0.158. The molecule has 0 radical (unpaired) electrons. The van der Waals surface area contributed by atoms with Crippen LogP contribution in [-0.4, -0.2) is 34.1 Å². The van der Waals surface area contributed by atoms with Gasteiger partial charge in [-0.15, -0.1) is 0 Å². The Hall–Kier alpha value is -3.68. The van der Waals surface area contributed by atoms with Gasteiger partial charge in [-0.25, -0.2) is 4.79 Å². The highest BCUT2D eigenvalue weighted by atomic mass is 16.5. The van der Waals surface area contributed by atoms with Crippen LogP contribution in [0.4, 0.5) is 0 Å². The van der Waals surface area contributed by atoms with Crippen LogP contribution in [0.3, 0.4) is 0 Å². The van der Waals surface area contributed by atoms with E-state index >= 15 is 0 Å². The predicted octanol–water partition coefficient (Wildman–Crippen LogP) is 1.94. The van der Waals surface area contributed by atoms with Crippen LogP contribution in [0.15, 0.2) is 53.1 Å². The molecule has 0 aliphatic carbocycles. The maximum absolute atomic E-state index is 12.5. The molecule has 2 amide bonds. The van der Waals surface area contributed by atoms with Crippen LogP contribution in [0.25, 0.3) is 22.2 Å². The van der Waals surface area contributed by atoms with E-state index in [4.69, 9.17) is 10.3 Å². The minimum Gasteiger partial charge on any atom is -0.480 e. The molecule has 1 atom stereocenters. The van der Waals surface area contributed by atoms with Crippen molar-refractivity contribution in [3.05, 3.63) is 54.1 Å². The van der Waals surface area contributed by atoms with Gasteiger partial charge in [0, 0.05) is 17.5 Å². The van der Waals surface area contributed by atoms with Crippen LogP contribution in [0, 0.1) is 0 Å². The number of primary amides is 1. The first-order valence-corrected chi connectivity index (χ1v) is 8.22. The number of fused-ring (bicyclic) bond motifs is 1. The number of hydrogen-bond acceptors (Lipinski definition) is 5. The zero-order valence-electron chi connectivity index (χ0n) is 14.2. The molecule has 0 bridgehead atoms. The van der Waals surface area contributed by atoms with Gasteiger partial charge >= 0.3 is 5.97 Å². The minimum atomic E-state index is -1.24. The molecule has 0 spiro atoms. The number of rotatable bonds is 7. The smallest absolute Gasteiger partial charge is 0.326 e. The van der Waals surface area contributed by atoms with Gasteiger partial charge in [-0.2, -0.15) is 0 Å². The van der Waals surface area contributed by atoms with E-state index in [1.807, 2.05) is 30.3 Å². The van der Waals surface area contributed by atoms with Gasteiger partial charge in [0.1, 0.15) is 11.6 Å². The number of carboxylic acid groups (broad SMARTS) is 1. The lowest BCUT2D eigenvalue weighted by molar-refractivity contribution is -0.139. The van der Waals surface area contributed by atoms with Crippen LogP contribution >= 0.6 is 0 Å². The third-order valence-electron chi connectivity index (χ3n) is 4.06. The van der Waals surface area contributed by atoms with Gasteiger partial charge in [-0.3, -0.25) is 9.59 Å². The van der Waals surface area contributed by atoms with Crippen molar-refractivity contribution in [2.24, 2.45) is 5.73 Å².